The van der Waals surface area contributed by atoms with Gasteiger partial charge in [0.1, 0.15) is 6.61 Å². The summed E-state index contributed by atoms with van der Waals surface area (Å²) in [6.45, 7) is 5.33. The molecule has 0 atom stereocenters. The molecule has 22 heavy (non-hydrogen) atoms. The van der Waals surface area contributed by atoms with Crippen LogP contribution < -0.4 is 0 Å². The first kappa shape index (κ1) is 18.7. The molecule has 124 valence electrons. The minimum Gasteiger partial charge on any atom is -0.378 e. The van der Waals surface area contributed by atoms with Gasteiger partial charge in [-0.1, -0.05) is 18.2 Å². The molecule has 0 fully saturated rings. The summed E-state index contributed by atoms with van der Waals surface area (Å²) < 4.78 is 59.0. The molecular weight excluding hydrogens is 312 g/mol. The van der Waals surface area contributed by atoms with Crippen molar-refractivity contribution in [2.45, 2.75) is 38.4 Å². The third kappa shape index (κ3) is 4.33. The van der Waals surface area contributed by atoms with Gasteiger partial charge in [0.2, 0.25) is 0 Å². The lowest BCUT2D eigenvalue weighted by molar-refractivity contribution is -0.0698. The van der Waals surface area contributed by atoms with E-state index in [4.69, 9.17) is 0 Å². The Hall–Kier alpha value is -1.34. The maximum absolute atomic E-state index is 13.8. The summed E-state index contributed by atoms with van der Waals surface area (Å²) in [5.41, 5.74) is 0.264. The van der Waals surface area contributed by atoms with Crippen LogP contribution in [0.4, 0.5) is 8.78 Å². The smallest absolute Gasteiger partial charge is 0.296 e. The molecular formula is C15H21F2NO3S. The lowest BCUT2D eigenvalue weighted by Gasteiger charge is -2.17. The molecule has 0 bridgehead atoms. The minimum absolute atomic E-state index is 0.171. The number of hydrogen-bond donors (Lipinski definition) is 0. The average Bonchev–Trinajstić information content (AvgIpc) is 2.37. The van der Waals surface area contributed by atoms with Crippen molar-refractivity contribution in [3.63, 3.8) is 0 Å². The molecule has 0 radical (unpaired) electrons. The van der Waals surface area contributed by atoms with Crippen molar-refractivity contribution >= 4 is 15.7 Å². The van der Waals surface area contributed by atoms with Gasteiger partial charge in [-0.25, -0.2) is 8.42 Å². The van der Waals surface area contributed by atoms with Crippen molar-refractivity contribution in [3.05, 3.63) is 35.4 Å². The fourth-order valence-electron chi connectivity index (χ4n) is 1.61. The summed E-state index contributed by atoms with van der Waals surface area (Å²) in [6.07, 6.45) is 0. The Morgan fingerprint density at radius 1 is 1.27 bits per heavy atom. The summed E-state index contributed by atoms with van der Waals surface area (Å²) in [4.78, 5) is 0. The second kappa shape index (κ2) is 6.42. The summed E-state index contributed by atoms with van der Waals surface area (Å²) in [5.74, 6) is -3.14. The van der Waals surface area contributed by atoms with E-state index in [-0.39, 0.29) is 11.3 Å². The van der Waals surface area contributed by atoms with Gasteiger partial charge in [-0.05, 0) is 39.3 Å². The number of hydrogen-bond acceptors (Lipinski definition) is 3. The van der Waals surface area contributed by atoms with Crippen molar-refractivity contribution in [1.82, 2.24) is 0 Å². The fraction of sp³-hybridized carbons (Fsp3) is 0.533. The third-order valence-corrected chi connectivity index (χ3v) is 5.12. The van der Waals surface area contributed by atoms with E-state index in [1.54, 1.807) is 6.07 Å². The predicted molar refractivity (Wildman–Crippen MR) is 83.1 cm³/mol. The number of rotatable bonds is 5. The molecule has 0 aliphatic carbocycles. The second-order valence-corrected chi connectivity index (χ2v) is 8.34. The molecule has 0 aliphatic rings. The number of halogens is 2. The van der Waals surface area contributed by atoms with Crippen LogP contribution in [-0.4, -0.2) is 32.6 Å². The average molecular weight is 333 g/mol. The monoisotopic (exact) mass is 333 g/mol. The maximum Gasteiger partial charge on any atom is 0.296 e. The molecule has 1 aromatic carbocycles. The van der Waals surface area contributed by atoms with E-state index in [0.717, 1.165) is 0 Å². The van der Waals surface area contributed by atoms with Crippen molar-refractivity contribution in [1.29, 1.82) is 0 Å². The Balaban J connectivity index is 3.25. The summed E-state index contributed by atoms with van der Waals surface area (Å²) >= 11 is 0. The summed E-state index contributed by atoms with van der Waals surface area (Å²) in [7, 11) is -2.53. The molecule has 0 amide bonds. The van der Waals surface area contributed by atoms with Gasteiger partial charge in [0.05, 0.1) is 10.5 Å². The van der Waals surface area contributed by atoms with Crippen LogP contribution in [0.25, 0.3) is 0 Å². The molecule has 0 spiro atoms. The molecule has 4 nitrogen and oxygen atoms in total. The predicted octanol–water partition coefficient (Wildman–Crippen LogP) is 3.36. The van der Waals surface area contributed by atoms with E-state index in [9.17, 15) is 17.2 Å². The zero-order valence-electron chi connectivity index (χ0n) is 13.4. The van der Waals surface area contributed by atoms with E-state index >= 15 is 0 Å². The largest absolute Gasteiger partial charge is 0.378 e. The highest BCUT2D eigenvalue weighted by Crippen LogP contribution is 2.29. The lowest BCUT2D eigenvalue weighted by atomic mass is 10.0. The van der Waals surface area contributed by atoms with Gasteiger partial charge in [0, 0.05) is 12.7 Å². The number of methoxy groups -OCH3 is 1. The van der Waals surface area contributed by atoms with Gasteiger partial charge in [-0.15, -0.1) is 0 Å². The van der Waals surface area contributed by atoms with Gasteiger partial charge in [0.15, 0.2) is 0 Å². The fourth-order valence-corrected chi connectivity index (χ4v) is 2.35. The van der Waals surface area contributed by atoms with Crippen LogP contribution in [-0.2, 0) is 20.7 Å². The lowest BCUT2D eigenvalue weighted by Crippen LogP contribution is -2.26. The molecule has 0 unspecified atom stereocenters. The molecule has 0 aromatic heterocycles. The number of ether oxygens (including phenoxy) is 1. The van der Waals surface area contributed by atoms with Gasteiger partial charge in [-0.2, -0.15) is 13.2 Å². The number of nitrogens with zero attached hydrogens (tertiary/aromatic N) is 1. The van der Waals surface area contributed by atoms with Crippen molar-refractivity contribution in [2.24, 2.45) is 4.40 Å². The van der Waals surface area contributed by atoms with Crippen molar-refractivity contribution in [3.8, 4) is 0 Å². The molecule has 0 saturated carbocycles. The number of benzene rings is 1. The van der Waals surface area contributed by atoms with E-state index in [2.05, 4.69) is 9.13 Å². The molecule has 0 N–H and O–H groups in total. The van der Waals surface area contributed by atoms with Gasteiger partial charge in [-0.3, -0.25) is 0 Å². The van der Waals surface area contributed by atoms with Crippen LogP contribution in [0.5, 0.6) is 0 Å². The Morgan fingerprint density at radius 3 is 2.36 bits per heavy atom. The Kier molecular flexibility index (Phi) is 5.46. The first-order valence-electron chi connectivity index (χ1n) is 6.69. The van der Waals surface area contributed by atoms with Gasteiger partial charge in [0.25, 0.3) is 15.9 Å². The zero-order valence-corrected chi connectivity index (χ0v) is 14.2. The van der Waals surface area contributed by atoms with Crippen molar-refractivity contribution in [2.75, 3.05) is 13.7 Å². The van der Waals surface area contributed by atoms with E-state index in [1.165, 1.54) is 53.0 Å². The SMILES string of the molecule is COCC(F)(F)c1cccc(/C(C)=N/S(=O)(=O)C(C)(C)C)c1. The normalized spacial score (nSPS) is 14.2. The summed E-state index contributed by atoms with van der Waals surface area (Å²) in [6, 6.07) is 5.49. The van der Waals surface area contributed by atoms with Gasteiger partial charge >= 0.3 is 0 Å². The van der Waals surface area contributed by atoms with Crippen LogP contribution >= 0.6 is 0 Å². The Labute approximate surface area is 130 Å². The molecule has 1 aromatic rings. The van der Waals surface area contributed by atoms with Crippen LogP contribution in [0.3, 0.4) is 0 Å². The Morgan fingerprint density at radius 2 is 1.86 bits per heavy atom. The molecule has 1 rings (SSSR count). The van der Waals surface area contributed by atoms with Crippen LogP contribution in [0, 0.1) is 0 Å². The second-order valence-electron chi connectivity index (χ2n) is 5.98. The maximum atomic E-state index is 13.8. The standard InChI is InChI=1S/C15H21F2NO3S/c1-11(18-22(19,20)14(2,3)4)12-7-6-8-13(9-12)15(16,17)10-21-5/h6-9H,10H2,1-5H3/b18-11+. The minimum atomic E-state index is -3.73. The topological polar surface area (TPSA) is 55.7 Å². The highest BCUT2D eigenvalue weighted by atomic mass is 32.2. The highest BCUT2D eigenvalue weighted by molar-refractivity contribution is 7.91. The van der Waals surface area contributed by atoms with Crippen LogP contribution in [0.1, 0.15) is 38.8 Å². The van der Waals surface area contributed by atoms with Crippen molar-refractivity contribution < 1.29 is 21.9 Å². The van der Waals surface area contributed by atoms with E-state index in [1.807, 2.05) is 0 Å². The van der Waals surface area contributed by atoms with Crippen LogP contribution in [0.2, 0.25) is 0 Å². The molecule has 0 heterocycles. The van der Waals surface area contributed by atoms with E-state index < -0.39 is 27.3 Å². The van der Waals surface area contributed by atoms with E-state index in [0.29, 0.717) is 5.56 Å². The molecule has 0 aliphatic heterocycles. The first-order chi connectivity index (χ1) is 9.90. The quantitative estimate of drug-likeness (QED) is 0.776. The molecule has 0 saturated heterocycles. The third-order valence-electron chi connectivity index (χ3n) is 3.06. The zero-order chi connectivity index (χ0) is 17.2. The number of alkyl halides is 2. The first-order valence-corrected chi connectivity index (χ1v) is 8.13. The number of sulfonamides is 1. The molecule has 7 heteroatoms. The highest BCUT2D eigenvalue weighted by Gasteiger charge is 2.32. The summed E-state index contributed by atoms with van der Waals surface area (Å²) in [5, 5.41) is 0. The van der Waals surface area contributed by atoms with Crippen LogP contribution in [0.15, 0.2) is 28.7 Å². The Bertz CT molecular complexity index is 662. The van der Waals surface area contributed by atoms with Gasteiger partial charge < -0.3 is 4.74 Å².